The van der Waals surface area contributed by atoms with E-state index in [-0.39, 0.29) is 5.91 Å². The molecule has 0 fully saturated rings. The Morgan fingerprint density at radius 3 is 2.62 bits per heavy atom. The molecule has 1 aromatic carbocycles. The average Bonchev–Trinajstić information content (AvgIpc) is 2.45. The number of benzene rings is 1. The van der Waals surface area contributed by atoms with Gasteiger partial charge in [-0.2, -0.15) is 0 Å². The number of carbonyl (C=O) groups excluding carboxylic acids is 1. The summed E-state index contributed by atoms with van der Waals surface area (Å²) in [6, 6.07) is 6.96. The fourth-order valence-electron chi connectivity index (χ4n) is 1.60. The number of nitrogens with one attached hydrogen (secondary N) is 2. The van der Waals surface area contributed by atoms with Crippen LogP contribution >= 0.6 is 11.6 Å². The third kappa shape index (κ3) is 4.72. The van der Waals surface area contributed by atoms with E-state index in [1.54, 1.807) is 24.3 Å². The molecule has 0 aliphatic heterocycles. The van der Waals surface area contributed by atoms with Gasteiger partial charge in [-0.1, -0.05) is 31.5 Å². The lowest BCUT2D eigenvalue weighted by molar-refractivity contribution is 0.102. The van der Waals surface area contributed by atoms with Gasteiger partial charge in [0.05, 0.1) is 5.56 Å². The highest BCUT2D eigenvalue weighted by atomic mass is 35.5. The lowest BCUT2D eigenvalue weighted by Gasteiger charge is -2.08. The van der Waals surface area contributed by atoms with E-state index < -0.39 is 0 Å². The fraction of sp³-hybridized carbons (Fsp3) is 0.267. The molecule has 0 bridgehead atoms. The number of hydrogen-bond donors (Lipinski definition) is 2. The van der Waals surface area contributed by atoms with Crippen molar-refractivity contribution in [2.45, 2.75) is 13.8 Å². The molecular weight excluding hydrogens is 288 g/mol. The van der Waals surface area contributed by atoms with E-state index in [0.717, 1.165) is 6.54 Å². The van der Waals surface area contributed by atoms with Crippen molar-refractivity contribution in [3.63, 3.8) is 0 Å². The van der Waals surface area contributed by atoms with Crippen molar-refractivity contribution >= 4 is 29.1 Å². The molecular formula is C15H17ClN4O. The number of hydrogen-bond acceptors (Lipinski definition) is 4. The van der Waals surface area contributed by atoms with Gasteiger partial charge in [-0.25, -0.2) is 9.97 Å². The maximum Gasteiger partial charge on any atom is 0.258 e. The van der Waals surface area contributed by atoms with E-state index in [4.69, 9.17) is 11.6 Å². The Morgan fingerprint density at radius 1 is 1.29 bits per heavy atom. The summed E-state index contributed by atoms with van der Waals surface area (Å²) in [5.41, 5.74) is 1.03. The first kappa shape index (κ1) is 15.3. The largest absolute Gasteiger partial charge is 0.354 e. The van der Waals surface area contributed by atoms with Crippen molar-refractivity contribution in [2.24, 2.45) is 5.92 Å². The molecule has 2 aromatic rings. The average molecular weight is 305 g/mol. The van der Waals surface area contributed by atoms with E-state index in [9.17, 15) is 4.79 Å². The van der Waals surface area contributed by atoms with Crippen molar-refractivity contribution in [3.05, 3.63) is 47.2 Å². The molecule has 5 nitrogen and oxygen atoms in total. The fourth-order valence-corrected chi connectivity index (χ4v) is 1.79. The Labute approximate surface area is 128 Å². The number of amides is 1. The molecule has 0 aliphatic rings. The molecule has 0 saturated carbocycles. The zero-order chi connectivity index (χ0) is 15.2. The number of halogens is 1. The standard InChI is InChI=1S/C15H17ClN4O/c1-10(2)7-17-15-18-8-11(9-19-15)14(21)20-13-5-3-4-12(16)6-13/h3-6,8-10H,7H2,1-2H3,(H,20,21)(H,17,18,19). The highest BCUT2D eigenvalue weighted by Crippen LogP contribution is 2.15. The summed E-state index contributed by atoms with van der Waals surface area (Å²) in [6.07, 6.45) is 2.99. The van der Waals surface area contributed by atoms with Gasteiger partial charge in [0.15, 0.2) is 0 Å². The summed E-state index contributed by atoms with van der Waals surface area (Å²) >= 11 is 5.87. The zero-order valence-corrected chi connectivity index (χ0v) is 12.7. The van der Waals surface area contributed by atoms with Crippen LogP contribution in [0.4, 0.5) is 11.6 Å². The van der Waals surface area contributed by atoms with Crippen molar-refractivity contribution in [1.82, 2.24) is 9.97 Å². The van der Waals surface area contributed by atoms with Gasteiger partial charge in [0.1, 0.15) is 0 Å². The minimum atomic E-state index is -0.271. The molecule has 2 N–H and O–H groups in total. The molecule has 0 spiro atoms. The molecule has 6 heteroatoms. The van der Waals surface area contributed by atoms with Crippen LogP contribution in [0.3, 0.4) is 0 Å². The van der Waals surface area contributed by atoms with Crippen LogP contribution in [0.1, 0.15) is 24.2 Å². The van der Waals surface area contributed by atoms with Crippen molar-refractivity contribution in [3.8, 4) is 0 Å². The molecule has 0 saturated heterocycles. The van der Waals surface area contributed by atoms with Crippen LogP contribution in [0.25, 0.3) is 0 Å². The van der Waals surface area contributed by atoms with Crippen LogP contribution in [-0.2, 0) is 0 Å². The molecule has 1 amide bonds. The molecule has 0 radical (unpaired) electrons. The molecule has 110 valence electrons. The van der Waals surface area contributed by atoms with Crippen molar-refractivity contribution in [1.29, 1.82) is 0 Å². The molecule has 21 heavy (non-hydrogen) atoms. The Kier molecular flexibility index (Phi) is 5.11. The minimum Gasteiger partial charge on any atom is -0.354 e. The third-order valence-corrected chi connectivity index (χ3v) is 2.90. The summed E-state index contributed by atoms with van der Waals surface area (Å²) in [5, 5.41) is 6.41. The van der Waals surface area contributed by atoms with Gasteiger partial charge >= 0.3 is 0 Å². The molecule has 0 aliphatic carbocycles. The highest BCUT2D eigenvalue weighted by molar-refractivity contribution is 6.30. The maximum absolute atomic E-state index is 12.0. The first-order valence-corrected chi connectivity index (χ1v) is 7.05. The van der Waals surface area contributed by atoms with E-state index in [1.807, 2.05) is 0 Å². The molecule has 1 heterocycles. The number of rotatable bonds is 5. The first-order valence-electron chi connectivity index (χ1n) is 6.67. The van der Waals surface area contributed by atoms with Gasteiger partial charge in [0, 0.05) is 29.6 Å². The highest BCUT2D eigenvalue weighted by Gasteiger charge is 2.08. The molecule has 2 rings (SSSR count). The van der Waals surface area contributed by atoms with Gasteiger partial charge < -0.3 is 10.6 Å². The summed E-state index contributed by atoms with van der Waals surface area (Å²) in [7, 11) is 0. The Morgan fingerprint density at radius 2 is 2.00 bits per heavy atom. The Hall–Kier alpha value is -2.14. The van der Waals surface area contributed by atoms with E-state index in [2.05, 4.69) is 34.4 Å². The number of nitrogens with zero attached hydrogens (tertiary/aromatic N) is 2. The van der Waals surface area contributed by atoms with Gasteiger partial charge in [0.2, 0.25) is 5.95 Å². The monoisotopic (exact) mass is 304 g/mol. The summed E-state index contributed by atoms with van der Waals surface area (Å²) in [4.78, 5) is 20.3. The smallest absolute Gasteiger partial charge is 0.258 e. The lowest BCUT2D eigenvalue weighted by atomic mass is 10.2. The second kappa shape index (κ2) is 7.04. The second-order valence-corrected chi connectivity index (χ2v) is 5.47. The summed E-state index contributed by atoms with van der Waals surface area (Å²) in [6.45, 7) is 4.98. The van der Waals surface area contributed by atoms with Crippen molar-refractivity contribution in [2.75, 3.05) is 17.2 Å². The van der Waals surface area contributed by atoms with Crippen molar-refractivity contribution < 1.29 is 4.79 Å². The maximum atomic E-state index is 12.0. The third-order valence-electron chi connectivity index (χ3n) is 2.66. The van der Waals surface area contributed by atoms with Crippen LogP contribution in [0.2, 0.25) is 5.02 Å². The van der Waals surface area contributed by atoms with Crippen LogP contribution in [0.15, 0.2) is 36.7 Å². The first-order chi connectivity index (χ1) is 10.0. The molecule has 0 unspecified atom stereocenters. The molecule has 1 aromatic heterocycles. The van der Waals surface area contributed by atoms with E-state index in [1.165, 1.54) is 12.4 Å². The van der Waals surface area contributed by atoms with Crippen LogP contribution < -0.4 is 10.6 Å². The van der Waals surface area contributed by atoms with E-state index >= 15 is 0 Å². The zero-order valence-electron chi connectivity index (χ0n) is 11.9. The van der Waals surface area contributed by atoms with E-state index in [0.29, 0.717) is 28.1 Å². The Balaban J connectivity index is 1.99. The van der Waals surface area contributed by atoms with Crippen LogP contribution in [-0.4, -0.2) is 22.4 Å². The lowest BCUT2D eigenvalue weighted by Crippen LogP contribution is -2.14. The normalized spacial score (nSPS) is 10.5. The van der Waals surface area contributed by atoms with Gasteiger partial charge in [-0.05, 0) is 24.1 Å². The van der Waals surface area contributed by atoms with Gasteiger partial charge in [-0.3, -0.25) is 4.79 Å². The summed E-state index contributed by atoms with van der Waals surface area (Å²) < 4.78 is 0. The number of aromatic nitrogens is 2. The topological polar surface area (TPSA) is 66.9 Å². The van der Waals surface area contributed by atoms with Gasteiger partial charge in [0.25, 0.3) is 5.91 Å². The predicted octanol–water partition coefficient (Wildman–Crippen LogP) is 3.45. The van der Waals surface area contributed by atoms with Gasteiger partial charge in [-0.15, -0.1) is 0 Å². The SMILES string of the molecule is CC(C)CNc1ncc(C(=O)Nc2cccc(Cl)c2)cn1. The Bertz CT molecular complexity index is 613. The number of anilines is 2. The minimum absolute atomic E-state index is 0.271. The number of carbonyl (C=O) groups is 1. The molecule has 0 atom stereocenters. The second-order valence-electron chi connectivity index (χ2n) is 5.03. The predicted molar refractivity (Wildman–Crippen MR) is 84.8 cm³/mol. The quantitative estimate of drug-likeness (QED) is 0.888. The van der Waals surface area contributed by atoms with Crippen LogP contribution in [0, 0.1) is 5.92 Å². The van der Waals surface area contributed by atoms with Crippen LogP contribution in [0.5, 0.6) is 0 Å². The summed E-state index contributed by atoms with van der Waals surface area (Å²) in [5.74, 6) is 0.745.